The first-order chi connectivity index (χ1) is 16.9. The van der Waals surface area contributed by atoms with Crippen LogP contribution in [-0.4, -0.2) is 18.3 Å². The van der Waals surface area contributed by atoms with Crippen molar-refractivity contribution < 1.29 is 40.6 Å². The SMILES string of the molecule is C/C=C/C(=O)Oc1ccc(C(c2ccc(OC(C)c3ccccc3)cc2)(C(F)(F)F)C(F)(F)F)cc1. The summed E-state index contributed by atoms with van der Waals surface area (Å²) in [5.74, 6) is -0.901. The molecule has 0 aliphatic heterocycles. The van der Waals surface area contributed by atoms with Crippen LogP contribution in [0.15, 0.2) is 91.0 Å². The first kappa shape index (κ1) is 26.8. The van der Waals surface area contributed by atoms with E-state index in [2.05, 4.69) is 0 Å². The molecule has 0 heterocycles. The Labute approximate surface area is 204 Å². The summed E-state index contributed by atoms with van der Waals surface area (Å²) >= 11 is 0. The molecule has 0 bridgehead atoms. The maximum Gasteiger partial charge on any atom is 0.411 e. The summed E-state index contributed by atoms with van der Waals surface area (Å²) in [6.45, 7) is 3.26. The Morgan fingerprint density at radius 3 is 1.67 bits per heavy atom. The number of carbonyl (C=O) groups is 1. The molecule has 0 radical (unpaired) electrons. The number of hydrogen-bond donors (Lipinski definition) is 0. The second-order valence-electron chi connectivity index (χ2n) is 7.89. The highest BCUT2D eigenvalue weighted by Crippen LogP contribution is 2.56. The van der Waals surface area contributed by atoms with E-state index in [0.717, 1.165) is 48.0 Å². The third-order valence-electron chi connectivity index (χ3n) is 5.53. The van der Waals surface area contributed by atoms with Gasteiger partial charge in [-0.3, -0.25) is 0 Å². The molecular weight excluding hydrogens is 486 g/mol. The van der Waals surface area contributed by atoms with Crippen molar-refractivity contribution in [1.82, 2.24) is 0 Å². The summed E-state index contributed by atoms with van der Waals surface area (Å²) < 4.78 is 96.6. The van der Waals surface area contributed by atoms with Gasteiger partial charge in [0, 0.05) is 6.08 Å². The van der Waals surface area contributed by atoms with Crippen LogP contribution in [0.5, 0.6) is 11.5 Å². The van der Waals surface area contributed by atoms with Crippen molar-refractivity contribution in [2.45, 2.75) is 37.7 Å². The highest BCUT2D eigenvalue weighted by atomic mass is 19.4. The maximum absolute atomic E-state index is 14.3. The van der Waals surface area contributed by atoms with Crippen LogP contribution in [0.3, 0.4) is 0 Å². The molecule has 0 N–H and O–H groups in total. The minimum absolute atomic E-state index is 0.111. The van der Waals surface area contributed by atoms with Gasteiger partial charge in [0.1, 0.15) is 17.6 Å². The van der Waals surface area contributed by atoms with Gasteiger partial charge in [-0.15, -0.1) is 0 Å². The van der Waals surface area contributed by atoms with Gasteiger partial charge in [0.25, 0.3) is 0 Å². The molecule has 36 heavy (non-hydrogen) atoms. The molecule has 3 nitrogen and oxygen atoms in total. The number of hydrogen-bond acceptors (Lipinski definition) is 3. The molecule has 0 fully saturated rings. The third kappa shape index (κ3) is 5.40. The van der Waals surface area contributed by atoms with Gasteiger partial charge in [-0.2, -0.15) is 26.3 Å². The van der Waals surface area contributed by atoms with Crippen molar-refractivity contribution in [3.8, 4) is 11.5 Å². The number of allylic oxidation sites excluding steroid dienone is 1. The Kier molecular flexibility index (Phi) is 7.81. The van der Waals surface area contributed by atoms with Gasteiger partial charge in [-0.1, -0.05) is 60.7 Å². The van der Waals surface area contributed by atoms with Gasteiger partial charge in [0.05, 0.1) is 0 Å². The van der Waals surface area contributed by atoms with Crippen LogP contribution in [0.1, 0.15) is 36.6 Å². The summed E-state index contributed by atoms with van der Waals surface area (Å²) in [5, 5.41) is 0. The Bertz CT molecular complexity index is 1170. The van der Waals surface area contributed by atoms with Gasteiger partial charge < -0.3 is 9.47 Å². The normalized spacial score (nSPS) is 13.4. The zero-order valence-corrected chi connectivity index (χ0v) is 19.2. The zero-order chi connectivity index (χ0) is 26.6. The average Bonchev–Trinajstić information content (AvgIpc) is 2.80. The molecule has 0 amide bonds. The minimum Gasteiger partial charge on any atom is -0.486 e. The van der Waals surface area contributed by atoms with E-state index in [4.69, 9.17) is 9.47 Å². The van der Waals surface area contributed by atoms with Gasteiger partial charge in [-0.25, -0.2) is 4.79 Å². The van der Waals surface area contributed by atoms with Crippen LogP contribution < -0.4 is 9.47 Å². The minimum atomic E-state index is -5.74. The van der Waals surface area contributed by atoms with Crippen molar-refractivity contribution in [3.63, 3.8) is 0 Å². The van der Waals surface area contributed by atoms with Crippen LogP contribution in [0.2, 0.25) is 0 Å². The van der Waals surface area contributed by atoms with Crippen molar-refractivity contribution in [2.24, 2.45) is 0 Å². The van der Waals surface area contributed by atoms with E-state index >= 15 is 0 Å². The molecule has 190 valence electrons. The van der Waals surface area contributed by atoms with Gasteiger partial charge >= 0.3 is 18.3 Å². The Morgan fingerprint density at radius 1 is 0.750 bits per heavy atom. The Morgan fingerprint density at radius 2 is 1.22 bits per heavy atom. The van der Waals surface area contributed by atoms with Crippen LogP contribution in [0.25, 0.3) is 0 Å². The van der Waals surface area contributed by atoms with Gasteiger partial charge in [0.2, 0.25) is 5.41 Å². The molecule has 0 aliphatic rings. The molecule has 3 rings (SSSR count). The lowest BCUT2D eigenvalue weighted by Gasteiger charge is -2.38. The topological polar surface area (TPSA) is 35.5 Å². The number of ether oxygens (including phenoxy) is 2. The van der Waals surface area contributed by atoms with E-state index in [0.29, 0.717) is 12.1 Å². The number of alkyl halides is 6. The summed E-state index contributed by atoms with van der Waals surface area (Å²) in [5.41, 5.74) is -5.63. The Hall–Kier alpha value is -3.75. The third-order valence-corrected chi connectivity index (χ3v) is 5.53. The maximum atomic E-state index is 14.3. The van der Waals surface area contributed by atoms with E-state index in [9.17, 15) is 31.1 Å². The van der Waals surface area contributed by atoms with Gasteiger partial charge in [-0.05, 0) is 54.8 Å². The number of halogens is 6. The fraction of sp³-hybridized carbons (Fsp3) is 0.222. The van der Waals surface area contributed by atoms with E-state index < -0.39 is 41.0 Å². The second kappa shape index (κ2) is 10.5. The first-order valence-corrected chi connectivity index (χ1v) is 10.8. The summed E-state index contributed by atoms with van der Waals surface area (Å²) in [7, 11) is 0. The van der Waals surface area contributed by atoms with E-state index in [-0.39, 0.29) is 11.5 Å². The predicted molar refractivity (Wildman–Crippen MR) is 122 cm³/mol. The quantitative estimate of drug-likeness (QED) is 0.142. The molecule has 9 heteroatoms. The standard InChI is InChI=1S/C27H22F6O3/c1-3-7-24(34)36-23-16-12-21(13-17-23)25(26(28,29)30,27(31,32)33)20-10-14-22(15-11-20)35-18(2)19-8-5-4-6-9-19/h3-18H,1-2H3/b7-3+. The summed E-state index contributed by atoms with van der Waals surface area (Å²) in [4.78, 5) is 11.6. The van der Waals surface area contributed by atoms with E-state index in [1.54, 1.807) is 44.2 Å². The van der Waals surface area contributed by atoms with Crippen LogP contribution >= 0.6 is 0 Å². The van der Waals surface area contributed by atoms with E-state index in [1.807, 2.05) is 0 Å². The van der Waals surface area contributed by atoms with E-state index in [1.165, 1.54) is 6.08 Å². The molecule has 3 aromatic rings. The number of rotatable bonds is 7. The lowest BCUT2D eigenvalue weighted by Crippen LogP contribution is -2.54. The molecule has 0 aliphatic carbocycles. The first-order valence-electron chi connectivity index (χ1n) is 10.8. The van der Waals surface area contributed by atoms with Crippen LogP contribution in [-0.2, 0) is 10.2 Å². The van der Waals surface area contributed by atoms with Crippen LogP contribution in [0.4, 0.5) is 26.3 Å². The summed E-state index contributed by atoms with van der Waals surface area (Å²) in [6.07, 6.45) is -9.53. The number of benzene rings is 3. The smallest absolute Gasteiger partial charge is 0.411 e. The lowest BCUT2D eigenvalue weighted by molar-refractivity contribution is -0.288. The fourth-order valence-electron chi connectivity index (χ4n) is 3.82. The molecule has 0 spiro atoms. The lowest BCUT2D eigenvalue weighted by atomic mass is 9.73. The van der Waals surface area contributed by atoms with Crippen molar-refractivity contribution in [1.29, 1.82) is 0 Å². The number of carbonyl (C=O) groups excluding carboxylic acids is 1. The molecule has 0 aromatic heterocycles. The monoisotopic (exact) mass is 508 g/mol. The summed E-state index contributed by atoms with van der Waals surface area (Å²) in [6, 6.07) is 15.7. The van der Waals surface area contributed by atoms with Crippen molar-refractivity contribution in [3.05, 3.63) is 108 Å². The largest absolute Gasteiger partial charge is 0.486 e. The zero-order valence-electron chi connectivity index (χ0n) is 19.2. The van der Waals surface area contributed by atoms with Crippen molar-refractivity contribution in [2.75, 3.05) is 0 Å². The molecular formula is C27H22F6O3. The van der Waals surface area contributed by atoms with Crippen molar-refractivity contribution >= 4 is 5.97 Å². The fourth-order valence-corrected chi connectivity index (χ4v) is 3.82. The molecule has 1 atom stereocenters. The second-order valence-corrected chi connectivity index (χ2v) is 7.89. The molecule has 0 saturated carbocycles. The van der Waals surface area contributed by atoms with Crippen LogP contribution in [0, 0.1) is 0 Å². The Balaban J connectivity index is 2.02. The molecule has 0 saturated heterocycles. The predicted octanol–water partition coefficient (Wildman–Crippen LogP) is 7.72. The molecule has 1 unspecified atom stereocenters. The highest BCUT2D eigenvalue weighted by molar-refractivity contribution is 5.83. The average molecular weight is 508 g/mol. The number of esters is 1. The van der Waals surface area contributed by atoms with Gasteiger partial charge in [0.15, 0.2) is 0 Å². The highest BCUT2D eigenvalue weighted by Gasteiger charge is 2.72. The molecule has 3 aromatic carbocycles.